The zero-order valence-electron chi connectivity index (χ0n) is 21.8. The minimum Gasteiger partial charge on any atom is -0.496 e. The zero-order chi connectivity index (χ0) is 28.3. The van der Waals surface area contributed by atoms with E-state index in [0.29, 0.717) is 40.4 Å². The van der Waals surface area contributed by atoms with E-state index in [9.17, 15) is 14.4 Å². The molecule has 0 aliphatic carbocycles. The van der Waals surface area contributed by atoms with Crippen molar-refractivity contribution in [1.29, 1.82) is 0 Å². The van der Waals surface area contributed by atoms with Crippen molar-refractivity contribution in [2.24, 2.45) is 5.73 Å². The van der Waals surface area contributed by atoms with Gasteiger partial charge in [0.25, 0.3) is 16.8 Å². The average Bonchev–Trinajstić information content (AvgIpc) is 2.91. The van der Waals surface area contributed by atoms with E-state index in [2.05, 4.69) is 15.6 Å². The lowest BCUT2D eigenvalue weighted by Gasteiger charge is -2.16. The van der Waals surface area contributed by atoms with Crippen LogP contribution in [0.2, 0.25) is 5.02 Å². The lowest BCUT2D eigenvalue weighted by molar-refractivity contribution is 0.0997. The Kier molecular flexibility index (Phi) is 8.01. The smallest absolute Gasteiger partial charge is 0.253 e. The number of aromatic nitrogens is 1. The van der Waals surface area contributed by atoms with Crippen LogP contribution in [0, 0.1) is 0 Å². The number of carbonyl (C=O) groups excluding carboxylic acids is 1. The Bertz CT molecular complexity index is 1710. The number of nitrogens with two attached hydrogens (primary N) is 1. The molecule has 4 rings (SSSR count). The first-order valence-corrected chi connectivity index (χ1v) is 12.4. The maximum atomic E-state index is 12.3. The molecule has 0 bridgehead atoms. The number of benzene rings is 2. The van der Waals surface area contributed by atoms with Crippen molar-refractivity contribution in [3.05, 3.63) is 96.9 Å². The van der Waals surface area contributed by atoms with Crippen molar-refractivity contribution >= 4 is 45.5 Å². The summed E-state index contributed by atoms with van der Waals surface area (Å²) in [5.74, 6) is 0.489. The van der Waals surface area contributed by atoms with Crippen molar-refractivity contribution in [3.63, 3.8) is 0 Å². The maximum absolute atomic E-state index is 12.3. The lowest BCUT2D eigenvalue weighted by Crippen LogP contribution is -2.37. The summed E-state index contributed by atoms with van der Waals surface area (Å²) in [6, 6.07) is 9.68. The number of ether oxygens (including phenoxy) is 2. The minimum atomic E-state index is -0.645. The highest BCUT2D eigenvalue weighted by Gasteiger charge is 2.22. The minimum absolute atomic E-state index is 0.152. The number of allylic oxidation sites excluding steroid dienone is 3. The molecule has 4 N–H and O–H groups in total. The third-order valence-corrected chi connectivity index (χ3v) is 6.18. The molecular weight excluding hydrogens is 520 g/mol. The van der Waals surface area contributed by atoms with Crippen LogP contribution >= 0.6 is 11.6 Å². The molecular formula is C29H27ClN4O5. The van der Waals surface area contributed by atoms with Gasteiger partial charge in [0.2, 0.25) is 0 Å². The quantitative estimate of drug-likeness (QED) is 0.177. The summed E-state index contributed by atoms with van der Waals surface area (Å²) in [7, 11) is 1.44. The van der Waals surface area contributed by atoms with Crippen molar-refractivity contribution in [2.75, 3.05) is 24.3 Å². The van der Waals surface area contributed by atoms with Gasteiger partial charge in [0.15, 0.2) is 0 Å². The Morgan fingerprint density at radius 1 is 1.03 bits per heavy atom. The van der Waals surface area contributed by atoms with Gasteiger partial charge in [0.05, 0.1) is 28.9 Å². The number of rotatable bonds is 10. The Hall–Kier alpha value is -4.63. The first kappa shape index (κ1) is 27.4. The monoisotopic (exact) mass is 546 g/mol. The van der Waals surface area contributed by atoms with E-state index in [-0.39, 0.29) is 22.0 Å². The van der Waals surface area contributed by atoms with E-state index >= 15 is 0 Å². The number of nitrogens with zero attached hydrogens (tertiary/aromatic N) is 1. The van der Waals surface area contributed by atoms with Crippen molar-refractivity contribution < 1.29 is 14.3 Å². The van der Waals surface area contributed by atoms with Gasteiger partial charge in [-0.05, 0) is 45.0 Å². The van der Waals surface area contributed by atoms with Gasteiger partial charge in [-0.3, -0.25) is 19.4 Å². The molecule has 1 amide bonds. The third-order valence-electron chi connectivity index (χ3n) is 5.87. The number of primary amides is 1. The Labute approximate surface area is 229 Å². The molecule has 0 radical (unpaired) electrons. The molecule has 0 spiro atoms. The molecule has 200 valence electrons. The molecule has 9 nitrogen and oxygen atoms in total. The van der Waals surface area contributed by atoms with E-state index in [1.165, 1.54) is 7.11 Å². The van der Waals surface area contributed by atoms with E-state index in [0.717, 1.165) is 11.1 Å². The van der Waals surface area contributed by atoms with Crippen LogP contribution in [0.15, 0.2) is 75.5 Å². The fraction of sp³-hybridized carbons (Fsp3) is 0.172. The molecule has 4 aromatic rings. The average molecular weight is 547 g/mol. The largest absolute Gasteiger partial charge is 0.496 e. The van der Waals surface area contributed by atoms with Crippen molar-refractivity contribution in [3.8, 4) is 17.2 Å². The molecule has 3 aromatic carbocycles. The molecule has 0 unspecified atom stereocenters. The molecule has 39 heavy (non-hydrogen) atoms. The number of halogens is 1. The molecule has 0 saturated carbocycles. The standard InChI is InChI=1S/C29H27ClN4O5/c1-15(2)5-6-16(3)14-33-25-26(28(36)27(25)35)34-21-8-7-17(11-20(21)30)39-23-9-10-32-22-13-24(38-4)19(29(31)37)12-18(22)23/h5-13,33-34H,14H2,1-4H3,(H2,31,37)/b16-6+. The van der Waals surface area contributed by atoms with Crippen LogP contribution in [0.4, 0.5) is 17.1 Å². The SMILES string of the molecule is COc1cc2nccc(Oc3ccc(Nc4c(NC/C(C)=C/C=C(C)C)c(=O)c4=O)c(Cl)c3)c2cc1C(N)=O. The lowest BCUT2D eigenvalue weighted by atomic mass is 10.1. The van der Waals surface area contributed by atoms with Gasteiger partial charge < -0.3 is 25.8 Å². The summed E-state index contributed by atoms with van der Waals surface area (Å²) < 4.78 is 11.3. The number of carbonyl (C=O) groups is 1. The van der Waals surface area contributed by atoms with Crippen LogP contribution in [0.25, 0.3) is 10.9 Å². The van der Waals surface area contributed by atoms with Crippen molar-refractivity contribution in [1.82, 2.24) is 4.98 Å². The fourth-order valence-corrected chi connectivity index (χ4v) is 4.01. The van der Waals surface area contributed by atoms with Gasteiger partial charge in [0.1, 0.15) is 28.6 Å². The number of methoxy groups -OCH3 is 1. The number of hydrogen-bond donors (Lipinski definition) is 3. The summed E-state index contributed by atoms with van der Waals surface area (Å²) >= 11 is 6.49. The highest BCUT2D eigenvalue weighted by molar-refractivity contribution is 6.33. The molecule has 1 aromatic heterocycles. The zero-order valence-corrected chi connectivity index (χ0v) is 22.6. The summed E-state index contributed by atoms with van der Waals surface area (Å²) in [5, 5.41) is 6.81. The molecule has 0 saturated heterocycles. The van der Waals surface area contributed by atoms with Gasteiger partial charge in [0, 0.05) is 30.3 Å². The van der Waals surface area contributed by atoms with E-state index in [1.54, 1.807) is 42.6 Å². The van der Waals surface area contributed by atoms with E-state index < -0.39 is 16.8 Å². The first-order valence-electron chi connectivity index (χ1n) is 12.0. The molecule has 10 heteroatoms. The van der Waals surface area contributed by atoms with Gasteiger partial charge in [-0.15, -0.1) is 0 Å². The summed E-state index contributed by atoms with van der Waals surface area (Å²) in [6.07, 6.45) is 5.49. The third kappa shape index (κ3) is 5.94. The van der Waals surface area contributed by atoms with E-state index in [1.807, 2.05) is 32.9 Å². The number of nitrogens with one attached hydrogen (secondary N) is 2. The van der Waals surface area contributed by atoms with Crippen LogP contribution in [0.1, 0.15) is 31.1 Å². The molecule has 1 heterocycles. The van der Waals surface area contributed by atoms with Gasteiger partial charge in [-0.25, -0.2) is 0 Å². The van der Waals surface area contributed by atoms with Crippen molar-refractivity contribution in [2.45, 2.75) is 20.8 Å². The van der Waals surface area contributed by atoms with Gasteiger partial charge >= 0.3 is 0 Å². The Morgan fingerprint density at radius 3 is 2.44 bits per heavy atom. The fourth-order valence-electron chi connectivity index (χ4n) is 3.80. The second kappa shape index (κ2) is 11.4. The molecule has 0 atom stereocenters. The topological polar surface area (TPSA) is 133 Å². The van der Waals surface area contributed by atoms with Gasteiger partial charge in [-0.2, -0.15) is 0 Å². The summed E-state index contributed by atoms with van der Waals surface area (Å²) in [6.45, 7) is 6.32. The Balaban J connectivity index is 1.55. The van der Waals surface area contributed by atoms with Crippen LogP contribution < -0.4 is 36.7 Å². The number of pyridine rings is 1. The van der Waals surface area contributed by atoms with Crippen LogP contribution in [0.3, 0.4) is 0 Å². The normalized spacial score (nSPS) is 11.4. The van der Waals surface area contributed by atoms with Crippen LogP contribution in [-0.2, 0) is 0 Å². The number of fused-ring (bicyclic) bond motifs is 1. The molecule has 0 fully saturated rings. The second-order valence-corrected chi connectivity index (χ2v) is 9.54. The first-order chi connectivity index (χ1) is 18.6. The highest BCUT2D eigenvalue weighted by atomic mass is 35.5. The predicted octanol–water partition coefficient (Wildman–Crippen LogP) is 5.45. The van der Waals surface area contributed by atoms with Crippen LogP contribution in [0.5, 0.6) is 17.2 Å². The van der Waals surface area contributed by atoms with Crippen LogP contribution in [-0.4, -0.2) is 24.5 Å². The summed E-state index contributed by atoms with van der Waals surface area (Å²) in [4.78, 5) is 40.6. The number of hydrogen-bond acceptors (Lipinski definition) is 8. The number of anilines is 3. The highest BCUT2D eigenvalue weighted by Crippen LogP contribution is 2.36. The number of amides is 1. The summed E-state index contributed by atoms with van der Waals surface area (Å²) in [5.41, 5.74) is 7.98. The Morgan fingerprint density at radius 2 is 1.77 bits per heavy atom. The van der Waals surface area contributed by atoms with Gasteiger partial charge in [-0.1, -0.05) is 34.9 Å². The van der Waals surface area contributed by atoms with E-state index in [4.69, 9.17) is 26.8 Å². The predicted molar refractivity (Wildman–Crippen MR) is 155 cm³/mol. The maximum Gasteiger partial charge on any atom is 0.253 e. The molecule has 0 aliphatic rings. The molecule has 0 aliphatic heterocycles. The second-order valence-electron chi connectivity index (χ2n) is 9.13.